The summed E-state index contributed by atoms with van der Waals surface area (Å²) in [5, 5.41) is 2.77. The lowest BCUT2D eigenvalue weighted by Crippen LogP contribution is -2.45. The smallest absolute Gasteiger partial charge is 0.346 e. The van der Waals surface area contributed by atoms with Crippen LogP contribution in [0.4, 0.5) is 24.7 Å². The van der Waals surface area contributed by atoms with Gasteiger partial charge in [0.1, 0.15) is 17.6 Å². The van der Waals surface area contributed by atoms with Crippen molar-refractivity contribution in [3.05, 3.63) is 41.3 Å². The molecule has 4 rings (SSSR count). The Labute approximate surface area is 180 Å². The Morgan fingerprint density at radius 3 is 2.45 bits per heavy atom. The highest BCUT2D eigenvalue weighted by Gasteiger charge is 2.36. The number of halogens is 3. The first-order valence-electron chi connectivity index (χ1n) is 10.0. The maximum Gasteiger partial charge on any atom is 0.416 e. The van der Waals surface area contributed by atoms with Crippen LogP contribution >= 0.6 is 0 Å². The maximum absolute atomic E-state index is 12.7. The van der Waals surface area contributed by atoms with Gasteiger partial charge in [-0.25, -0.2) is 9.97 Å². The molecule has 2 heterocycles. The third kappa shape index (κ3) is 4.17. The summed E-state index contributed by atoms with van der Waals surface area (Å²) in [7, 11) is 0.485. The molecule has 31 heavy (non-hydrogen) atoms. The summed E-state index contributed by atoms with van der Waals surface area (Å²) in [6.07, 6.45) is -2.36. The summed E-state index contributed by atoms with van der Waals surface area (Å²) >= 11 is 0. The highest BCUT2D eigenvalue weighted by atomic mass is 32.2. The first-order chi connectivity index (χ1) is 14.5. The van der Waals surface area contributed by atoms with Crippen LogP contribution < -0.4 is 10.2 Å². The molecule has 1 fully saturated rings. The van der Waals surface area contributed by atoms with Gasteiger partial charge in [0.15, 0.2) is 5.82 Å². The number of aryl methyl sites for hydroxylation is 1. The number of fused-ring (bicyclic) bond motifs is 1. The number of rotatable bonds is 4. The lowest BCUT2D eigenvalue weighted by molar-refractivity contribution is -0.137. The van der Waals surface area contributed by atoms with Crippen LogP contribution in [-0.4, -0.2) is 38.4 Å². The molecule has 1 amide bonds. The number of nitrogens with zero attached hydrogens (tertiary/aromatic N) is 3. The molecule has 1 saturated carbocycles. The molecule has 1 aliphatic heterocycles. The second-order valence-corrected chi connectivity index (χ2v) is 9.92. The van der Waals surface area contributed by atoms with Crippen LogP contribution in [-0.2, 0) is 28.2 Å². The maximum atomic E-state index is 12.7. The van der Waals surface area contributed by atoms with Gasteiger partial charge in [0.2, 0.25) is 5.91 Å². The van der Waals surface area contributed by atoms with E-state index in [0.717, 1.165) is 12.1 Å². The molecule has 1 aromatic heterocycles. The van der Waals surface area contributed by atoms with E-state index in [0.29, 0.717) is 47.2 Å². The topological polar surface area (TPSA) is 75.2 Å². The third-order valence-electron chi connectivity index (χ3n) is 6.04. The second-order valence-electron chi connectivity index (χ2n) is 8.18. The summed E-state index contributed by atoms with van der Waals surface area (Å²) in [6, 6.07) is 4.22. The Kier molecular flexibility index (Phi) is 5.53. The SMILES string of the molecule is Cc1nc(CC2CC([S@](=O)c3ccc(C(F)(F)F)cc3)C2)nc2c1NC(=O)[C@H](C)N2C. The van der Waals surface area contributed by atoms with Crippen molar-refractivity contribution in [1.82, 2.24) is 9.97 Å². The molecule has 10 heteroatoms. The van der Waals surface area contributed by atoms with Gasteiger partial charge in [0.05, 0.1) is 22.1 Å². The molecule has 0 saturated heterocycles. The zero-order valence-corrected chi connectivity index (χ0v) is 18.2. The van der Waals surface area contributed by atoms with E-state index in [1.54, 1.807) is 0 Å². The van der Waals surface area contributed by atoms with Gasteiger partial charge in [-0.2, -0.15) is 13.2 Å². The number of nitrogens with one attached hydrogen (secondary N) is 1. The van der Waals surface area contributed by atoms with Gasteiger partial charge in [0.25, 0.3) is 0 Å². The molecule has 1 aliphatic carbocycles. The fourth-order valence-corrected chi connectivity index (χ4v) is 5.62. The summed E-state index contributed by atoms with van der Waals surface area (Å²) in [6.45, 7) is 3.64. The normalized spacial score (nSPS) is 24.3. The molecular formula is C21H23F3N4O2S. The zero-order chi connectivity index (χ0) is 22.5. The monoisotopic (exact) mass is 452 g/mol. The van der Waals surface area contributed by atoms with Crippen LogP contribution in [0.5, 0.6) is 0 Å². The summed E-state index contributed by atoms with van der Waals surface area (Å²) in [5.74, 6) is 1.54. The molecule has 0 unspecified atom stereocenters. The number of aromatic nitrogens is 2. The Hall–Kier alpha value is -2.49. The van der Waals surface area contributed by atoms with Crippen molar-refractivity contribution in [2.24, 2.45) is 5.92 Å². The molecule has 6 nitrogen and oxygen atoms in total. The largest absolute Gasteiger partial charge is 0.416 e. The van der Waals surface area contributed by atoms with E-state index in [-0.39, 0.29) is 23.1 Å². The number of anilines is 2. The van der Waals surface area contributed by atoms with Crippen molar-refractivity contribution in [3.63, 3.8) is 0 Å². The lowest BCUT2D eigenvalue weighted by Gasteiger charge is -2.35. The number of likely N-dealkylation sites (N-methyl/N-ethyl adjacent to an activating group) is 1. The number of carbonyl (C=O) groups is 1. The minimum Gasteiger partial charge on any atom is -0.346 e. The van der Waals surface area contributed by atoms with Crippen LogP contribution in [0.3, 0.4) is 0 Å². The molecule has 2 aromatic rings. The number of carbonyl (C=O) groups excluding carboxylic acids is 1. The molecule has 2 aliphatic rings. The molecule has 2 atom stereocenters. The predicted molar refractivity (Wildman–Crippen MR) is 111 cm³/mol. The van der Waals surface area contributed by atoms with Crippen molar-refractivity contribution in [2.75, 3.05) is 17.3 Å². The van der Waals surface area contributed by atoms with Gasteiger partial charge in [-0.15, -0.1) is 0 Å². The van der Waals surface area contributed by atoms with Crippen molar-refractivity contribution in [2.45, 2.75) is 55.5 Å². The van der Waals surface area contributed by atoms with Crippen molar-refractivity contribution < 1.29 is 22.2 Å². The summed E-state index contributed by atoms with van der Waals surface area (Å²) in [4.78, 5) is 23.4. The minimum absolute atomic E-state index is 0.0811. The predicted octanol–water partition coefficient (Wildman–Crippen LogP) is 3.71. The van der Waals surface area contributed by atoms with E-state index >= 15 is 0 Å². The summed E-state index contributed by atoms with van der Waals surface area (Å²) in [5.41, 5.74) is 0.593. The van der Waals surface area contributed by atoms with Gasteiger partial charge in [0, 0.05) is 23.6 Å². The second kappa shape index (κ2) is 7.89. The number of hydrogen-bond donors (Lipinski definition) is 1. The standard InChI is InChI=1S/C21H23F3N4O2S/c1-11-18-19(28(3)12(2)20(29)27-18)26-17(25-11)10-13-8-16(9-13)31(30)15-6-4-14(5-7-15)21(22,23)24/h4-7,12-13,16H,8-10H2,1-3H3,(H,27,29)/t12-,13?,16?,31+/m0/s1. The average molecular weight is 453 g/mol. The molecular weight excluding hydrogens is 429 g/mol. The van der Waals surface area contributed by atoms with Crippen molar-refractivity contribution >= 4 is 28.2 Å². The molecule has 0 spiro atoms. The fraction of sp³-hybridized carbons (Fsp3) is 0.476. The third-order valence-corrected chi connectivity index (χ3v) is 7.77. The van der Waals surface area contributed by atoms with E-state index < -0.39 is 22.5 Å². The molecule has 0 radical (unpaired) electrons. The quantitative estimate of drug-likeness (QED) is 0.766. The van der Waals surface area contributed by atoms with Gasteiger partial charge in [-0.05, 0) is 56.9 Å². The first-order valence-corrected chi connectivity index (χ1v) is 11.2. The molecule has 166 valence electrons. The van der Waals surface area contributed by atoms with Crippen LogP contribution in [0.25, 0.3) is 0 Å². The Morgan fingerprint density at radius 1 is 1.19 bits per heavy atom. The van der Waals surface area contributed by atoms with Crippen LogP contribution in [0, 0.1) is 12.8 Å². The van der Waals surface area contributed by atoms with Gasteiger partial charge in [-0.3, -0.25) is 9.00 Å². The van der Waals surface area contributed by atoms with E-state index in [1.165, 1.54) is 12.1 Å². The average Bonchev–Trinajstić information content (AvgIpc) is 2.68. The Bertz CT molecular complexity index is 1040. The lowest BCUT2D eigenvalue weighted by atomic mass is 9.82. The van der Waals surface area contributed by atoms with Crippen LogP contribution in [0.2, 0.25) is 0 Å². The number of hydrogen-bond acceptors (Lipinski definition) is 5. The zero-order valence-electron chi connectivity index (χ0n) is 17.4. The molecule has 1 N–H and O–H groups in total. The molecule has 1 aromatic carbocycles. The summed E-state index contributed by atoms with van der Waals surface area (Å²) < 4.78 is 50.8. The fourth-order valence-electron chi connectivity index (χ4n) is 3.94. The Morgan fingerprint density at radius 2 is 1.84 bits per heavy atom. The van der Waals surface area contributed by atoms with Crippen molar-refractivity contribution in [3.8, 4) is 0 Å². The van der Waals surface area contributed by atoms with Gasteiger partial charge < -0.3 is 10.2 Å². The van der Waals surface area contributed by atoms with Crippen LogP contribution in [0.1, 0.15) is 36.8 Å². The molecule has 0 bridgehead atoms. The number of alkyl halides is 3. The Balaban J connectivity index is 1.40. The highest BCUT2D eigenvalue weighted by molar-refractivity contribution is 7.85. The first kappa shape index (κ1) is 21.7. The highest BCUT2D eigenvalue weighted by Crippen LogP contribution is 2.38. The van der Waals surface area contributed by atoms with Crippen LogP contribution in [0.15, 0.2) is 29.2 Å². The van der Waals surface area contributed by atoms with Gasteiger partial charge >= 0.3 is 6.18 Å². The van der Waals surface area contributed by atoms with E-state index in [9.17, 15) is 22.2 Å². The number of benzene rings is 1. The van der Waals surface area contributed by atoms with E-state index in [1.807, 2.05) is 25.8 Å². The van der Waals surface area contributed by atoms with E-state index in [2.05, 4.69) is 15.3 Å². The van der Waals surface area contributed by atoms with Crippen molar-refractivity contribution in [1.29, 1.82) is 0 Å². The number of amides is 1. The van der Waals surface area contributed by atoms with Gasteiger partial charge in [-0.1, -0.05) is 0 Å². The van der Waals surface area contributed by atoms with E-state index in [4.69, 9.17) is 0 Å². The minimum atomic E-state index is -4.40.